The highest BCUT2D eigenvalue weighted by Gasteiger charge is 2.39. The molecule has 0 atom stereocenters. The van der Waals surface area contributed by atoms with Gasteiger partial charge in [0.15, 0.2) is 5.82 Å². The Morgan fingerprint density at radius 2 is 1.72 bits per heavy atom. The molecule has 0 aromatic carbocycles. The summed E-state index contributed by atoms with van der Waals surface area (Å²) in [6.45, 7) is 10.4. The van der Waals surface area contributed by atoms with Gasteiger partial charge in [-0.3, -0.25) is 4.98 Å². The Labute approximate surface area is 108 Å². The van der Waals surface area contributed by atoms with Gasteiger partial charge in [-0.1, -0.05) is 0 Å². The van der Waals surface area contributed by atoms with Crippen molar-refractivity contribution in [2.24, 2.45) is 5.73 Å². The van der Waals surface area contributed by atoms with Crippen molar-refractivity contribution >= 4 is 5.82 Å². The minimum absolute atomic E-state index is 0.203. The second-order valence-corrected chi connectivity index (χ2v) is 6.01. The topological polar surface area (TPSA) is 64.3 Å². The van der Waals surface area contributed by atoms with Gasteiger partial charge in [0.2, 0.25) is 0 Å². The quantitative estimate of drug-likeness (QED) is 0.858. The minimum atomic E-state index is -0.203. The molecular formula is C13H22N4O. The largest absolute Gasteiger partial charge is 0.366 e. The molecule has 5 heteroatoms. The zero-order valence-electron chi connectivity index (χ0n) is 11.6. The molecule has 1 aliphatic rings. The third-order valence-corrected chi connectivity index (χ3v) is 2.94. The molecule has 1 aliphatic heterocycles. The molecule has 0 spiro atoms. The number of nitrogens with two attached hydrogens (primary N) is 1. The number of hydrogen-bond acceptors (Lipinski definition) is 5. The first-order chi connectivity index (χ1) is 8.33. The molecule has 1 saturated heterocycles. The van der Waals surface area contributed by atoms with Gasteiger partial charge >= 0.3 is 0 Å². The number of hydrogen-bond donors (Lipinski definition) is 1. The van der Waals surface area contributed by atoms with E-state index in [9.17, 15) is 0 Å². The summed E-state index contributed by atoms with van der Waals surface area (Å²) in [5.41, 5.74) is 6.16. The van der Waals surface area contributed by atoms with E-state index in [1.165, 1.54) is 0 Å². The van der Waals surface area contributed by atoms with Crippen LogP contribution in [0.25, 0.3) is 0 Å². The van der Waals surface area contributed by atoms with Crippen molar-refractivity contribution in [2.45, 2.75) is 45.4 Å². The lowest BCUT2D eigenvalue weighted by molar-refractivity contribution is -0.133. The highest BCUT2D eigenvalue weighted by atomic mass is 16.5. The second-order valence-electron chi connectivity index (χ2n) is 6.01. The summed E-state index contributed by atoms with van der Waals surface area (Å²) >= 11 is 0. The Hall–Kier alpha value is -1.20. The van der Waals surface area contributed by atoms with Gasteiger partial charge in [-0.05, 0) is 27.7 Å². The van der Waals surface area contributed by atoms with Crippen molar-refractivity contribution in [1.29, 1.82) is 0 Å². The smallest absolute Gasteiger partial charge is 0.151 e. The standard InChI is InChI=1S/C13H22N4O/c1-12(2)8-17(9-13(3,4)18-12)11-10(7-14)15-5-6-16-11/h5-6H,7-9,14H2,1-4H3. The van der Waals surface area contributed by atoms with E-state index in [-0.39, 0.29) is 11.2 Å². The fourth-order valence-corrected chi connectivity index (χ4v) is 2.71. The molecule has 18 heavy (non-hydrogen) atoms. The molecule has 0 amide bonds. The lowest BCUT2D eigenvalue weighted by Crippen LogP contribution is -2.57. The van der Waals surface area contributed by atoms with Crippen LogP contribution in [0.1, 0.15) is 33.4 Å². The van der Waals surface area contributed by atoms with Crippen LogP contribution in [-0.4, -0.2) is 34.3 Å². The molecule has 1 aromatic heterocycles. The molecule has 5 nitrogen and oxygen atoms in total. The molecule has 2 heterocycles. The van der Waals surface area contributed by atoms with Crippen LogP contribution in [-0.2, 0) is 11.3 Å². The van der Waals surface area contributed by atoms with Crippen LogP contribution in [0, 0.1) is 0 Å². The average molecular weight is 250 g/mol. The Kier molecular flexibility index (Phi) is 3.29. The number of morpholine rings is 1. The van der Waals surface area contributed by atoms with Crippen LogP contribution in [0.2, 0.25) is 0 Å². The van der Waals surface area contributed by atoms with Crippen molar-refractivity contribution in [3.8, 4) is 0 Å². The minimum Gasteiger partial charge on any atom is -0.366 e. The molecular weight excluding hydrogens is 228 g/mol. The van der Waals surface area contributed by atoms with Crippen molar-refractivity contribution in [2.75, 3.05) is 18.0 Å². The van der Waals surface area contributed by atoms with E-state index in [1.54, 1.807) is 12.4 Å². The van der Waals surface area contributed by atoms with E-state index in [0.29, 0.717) is 6.54 Å². The van der Waals surface area contributed by atoms with Gasteiger partial charge in [0.25, 0.3) is 0 Å². The van der Waals surface area contributed by atoms with Gasteiger partial charge in [0, 0.05) is 32.0 Å². The Bertz CT molecular complexity index is 415. The molecule has 2 rings (SSSR count). The fourth-order valence-electron chi connectivity index (χ4n) is 2.71. The zero-order valence-corrected chi connectivity index (χ0v) is 11.6. The molecule has 0 radical (unpaired) electrons. The van der Waals surface area contributed by atoms with E-state index < -0.39 is 0 Å². The van der Waals surface area contributed by atoms with E-state index in [4.69, 9.17) is 10.5 Å². The van der Waals surface area contributed by atoms with Crippen LogP contribution >= 0.6 is 0 Å². The monoisotopic (exact) mass is 250 g/mol. The molecule has 0 unspecified atom stereocenters. The van der Waals surface area contributed by atoms with E-state index in [2.05, 4.69) is 42.6 Å². The summed E-state index contributed by atoms with van der Waals surface area (Å²) in [4.78, 5) is 11.0. The van der Waals surface area contributed by atoms with Gasteiger partial charge < -0.3 is 15.4 Å². The summed E-state index contributed by atoms with van der Waals surface area (Å²) in [5, 5.41) is 0. The highest BCUT2D eigenvalue weighted by Crippen LogP contribution is 2.31. The van der Waals surface area contributed by atoms with Crippen molar-refractivity contribution < 1.29 is 4.74 Å². The van der Waals surface area contributed by atoms with Crippen molar-refractivity contribution in [1.82, 2.24) is 9.97 Å². The number of anilines is 1. The Morgan fingerprint density at radius 3 is 2.28 bits per heavy atom. The number of nitrogens with zero attached hydrogens (tertiary/aromatic N) is 3. The van der Waals surface area contributed by atoms with Gasteiger partial charge in [-0.2, -0.15) is 0 Å². The fraction of sp³-hybridized carbons (Fsp3) is 0.692. The van der Waals surface area contributed by atoms with Gasteiger partial charge in [-0.15, -0.1) is 0 Å². The lowest BCUT2D eigenvalue weighted by Gasteiger charge is -2.47. The van der Waals surface area contributed by atoms with Crippen LogP contribution in [0.3, 0.4) is 0 Å². The molecule has 0 aliphatic carbocycles. The second kappa shape index (κ2) is 4.48. The van der Waals surface area contributed by atoms with Crippen LogP contribution in [0.5, 0.6) is 0 Å². The average Bonchev–Trinajstić information content (AvgIpc) is 2.24. The maximum Gasteiger partial charge on any atom is 0.151 e. The van der Waals surface area contributed by atoms with Crippen LogP contribution < -0.4 is 10.6 Å². The normalized spacial score (nSPS) is 21.9. The molecule has 1 aromatic rings. The molecule has 100 valence electrons. The number of ether oxygens (including phenoxy) is 1. The predicted octanol–water partition coefficient (Wildman–Crippen LogP) is 1.33. The van der Waals surface area contributed by atoms with Gasteiger partial charge in [0.05, 0.1) is 16.9 Å². The van der Waals surface area contributed by atoms with E-state index in [1.807, 2.05) is 0 Å². The summed E-state index contributed by atoms with van der Waals surface area (Å²) in [5.74, 6) is 0.879. The highest BCUT2D eigenvalue weighted by molar-refractivity contribution is 5.44. The zero-order chi connectivity index (χ0) is 13.4. The summed E-state index contributed by atoms with van der Waals surface area (Å²) in [6, 6.07) is 0. The third-order valence-electron chi connectivity index (χ3n) is 2.94. The number of aromatic nitrogens is 2. The Morgan fingerprint density at radius 1 is 1.17 bits per heavy atom. The summed E-state index contributed by atoms with van der Waals surface area (Å²) in [7, 11) is 0. The molecule has 0 bridgehead atoms. The van der Waals surface area contributed by atoms with Crippen LogP contribution in [0.15, 0.2) is 12.4 Å². The lowest BCUT2D eigenvalue weighted by atomic mass is 9.99. The third kappa shape index (κ3) is 2.79. The maximum absolute atomic E-state index is 6.07. The molecule has 1 fully saturated rings. The first kappa shape index (κ1) is 13.2. The van der Waals surface area contributed by atoms with Crippen molar-refractivity contribution in [3.63, 3.8) is 0 Å². The van der Waals surface area contributed by atoms with E-state index in [0.717, 1.165) is 24.6 Å². The Balaban J connectivity index is 2.32. The maximum atomic E-state index is 6.07. The van der Waals surface area contributed by atoms with Gasteiger partial charge in [-0.25, -0.2) is 4.98 Å². The first-order valence-corrected chi connectivity index (χ1v) is 6.28. The van der Waals surface area contributed by atoms with E-state index >= 15 is 0 Å². The first-order valence-electron chi connectivity index (χ1n) is 6.28. The number of rotatable bonds is 2. The van der Waals surface area contributed by atoms with Crippen molar-refractivity contribution in [3.05, 3.63) is 18.1 Å². The van der Waals surface area contributed by atoms with Gasteiger partial charge in [0.1, 0.15) is 0 Å². The summed E-state index contributed by atoms with van der Waals surface area (Å²) < 4.78 is 6.07. The SMILES string of the molecule is CC1(C)CN(c2nccnc2CN)CC(C)(C)O1. The molecule has 2 N–H and O–H groups in total. The summed E-state index contributed by atoms with van der Waals surface area (Å²) in [6.07, 6.45) is 3.40. The molecule has 0 saturated carbocycles. The van der Waals surface area contributed by atoms with Crippen LogP contribution in [0.4, 0.5) is 5.82 Å². The predicted molar refractivity (Wildman–Crippen MR) is 71.4 cm³/mol.